The van der Waals surface area contributed by atoms with Gasteiger partial charge in [-0.3, -0.25) is 0 Å². The third kappa shape index (κ3) is 2.97. The molecule has 0 radical (unpaired) electrons. The quantitative estimate of drug-likeness (QED) is 0.765. The summed E-state index contributed by atoms with van der Waals surface area (Å²) in [6.07, 6.45) is 0. The van der Waals surface area contributed by atoms with E-state index in [1.165, 1.54) is 0 Å². The van der Waals surface area contributed by atoms with Gasteiger partial charge < -0.3 is 11.1 Å². The highest BCUT2D eigenvalue weighted by atomic mass is 35.5. The van der Waals surface area contributed by atoms with Gasteiger partial charge in [0.2, 0.25) is 0 Å². The number of hydrogen-bond acceptors (Lipinski definition) is 2. The molecule has 2 nitrogen and oxygen atoms in total. The molecule has 5 heteroatoms. The van der Waals surface area contributed by atoms with Crippen LogP contribution in [0.5, 0.6) is 0 Å². The van der Waals surface area contributed by atoms with Gasteiger partial charge in [0.25, 0.3) is 0 Å². The fourth-order valence-electron chi connectivity index (χ4n) is 1.38. The van der Waals surface area contributed by atoms with E-state index in [4.69, 9.17) is 40.5 Å². The summed E-state index contributed by atoms with van der Waals surface area (Å²) in [6.45, 7) is 0. The number of nitrogens with two attached hydrogens (primary N) is 1. The van der Waals surface area contributed by atoms with E-state index in [0.29, 0.717) is 20.8 Å². The van der Waals surface area contributed by atoms with Crippen LogP contribution in [0.1, 0.15) is 0 Å². The lowest BCUT2D eigenvalue weighted by molar-refractivity contribution is 1.54. The molecule has 0 aliphatic rings. The van der Waals surface area contributed by atoms with Crippen molar-refractivity contribution in [3.8, 4) is 0 Å². The summed E-state index contributed by atoms with van der Waals surface area (Å²) < 4.78 is 0. The average Bonchev–Trinajstić information content (AvgIpc) is 2.25. The van der Waals surface area contributed by atoms with E-state index in [0.717, 1.165) is 11.4 Å². The number of halogens is 3. The predicted octanol–water partition coefficient (Wildman–Crippen LogP) is 4.97. The molecule has 2 rings (SSSR count). The van der Waals surface area contributed by atoms with E-state index in [1.54, 1.807) is 36.4 Å². The van der Waals surface area contributed by atoms with Gasteiger partial charge in [-0.05, 0) is 36.4 Å². The topological polar surface area (TPSA) is 38.0 Å². The molecule has 0 aliphatic heterocycles. The lowest BCUT2D eigenvalue weighted by Gasteiger charge is -2.11. The molecule has 0 saturated carbocycles. The molecule has 0 spiro atoms. The molecule has 0 amide bonds. The molecule has 17 heavy (non-hydrogen) atoms. The van der Waals surface area contributed by atoms with Gasteiger partial charge in [-0.15, -0.1) is 0 Å². The maximum absolute atomic E-state index is 6.05. The van der Waals surface area contributed by atoms with Crippen molar-refractivity contribution in [3.05, 3.63) is 51.5 Å². The van der Waals surface area contributed by atoms with Crippen molar-refractivity contribution in [3.63, 3.8) is 0 Å². The monoisotopic (exact) mass is 286 g/mol. The number of rotatable bonds is 2. The van der Waals surface area contributed by atoms with Gasteiger partial charge in [-0.1, -0.05) is 34.8 Å². The molecule has 2 aromatic carbocycles. The zero-order valence-corrected chi connectivity index (χ0v) is 10.9. The van der Waals surface area contributed by atoms with Gasteiger partial charge in [-0.2, -0.15) is 0 Å². The predicted molar refractivity (Wildman–Crippen MR) is 75.6 cm³/mol. The number of benzene rings is 2. The van der Waals surface area contributed by atoms with E-state index >= 15 is 0 Å². The van der Waals surface area contributed by atoms with Crippen LogP contribution in [0.4, 0.5) is 17.1 Å². The van der Waals surface area contributed by atoms with Crippen molar-refractivity contribution in [2.75, 3.05) is 11.1 Å². The highest BCUT2D eigenvalue weighted by Crippen LogP contribution is 2.31. The standard InChI is InChI=1S/C12H9Cl3N2/c13-7-1-3-11(9(15)5-7)17-12-4-2-8(14)6-10(12)16/h1-6,17H,16H2. The summed E-state index contributed by atoms with van der Waals surface area (Å²) >= 11 is 17.7. The molecule has 0 atom stereocenters. The van der Waals surface area contributed by atoms with Crippen LogP contribution in [0.15, 0.2) is 36.4 Å². The Balaban J connectivity index is 2.31. The fraction of sp³-hybridized carbons (Fsp3) is 0. The minimum absolute atomic E-state index is 0.534. The van der Waals surface area contributed by atoms with Crippen LogP contribution < -0.4 is 11.1 Å². The van der Waals surface area contributed by atoms with Crippen molar-refractivity contribution in [2.24, 2.45) is 0 Å². The second-order valence-electron chi connectivity index (χ2n) is 3.48. The smallest absolute Gasteiger partial charge is 0.0655 e. The Kier molecular flexibility index (Phi) is 3.67. The van der Waals surface area contributed by atoms with Crippen molar-refractivity contribution in [1.29, 1.82) is 0 Å². The molecule has 0 aromatic heterocycles. The van der Waals surface area contributed by atoms with Gasteiger partial charge in [0.05, 0.1) is 22.1 Å². The first-order chi connectivity index (χ1) is 8.06. The Morgan fingerprint density at radius 3 is 2.00 bits per heavy atom. The molecule has 2 aromatic rings. The Bertz CT molecular complexity index is 506. The van der Waals surface area contributed by atoms with Gasteiger partial charge >= 0.3 is 0 Å². The van der Waals surface area contributed by atoms with Gasteiger partial charge in [-0.25, -0.2) is 0 Å². The maximum Gasteiger partial charge on any atom is 0.0655 e. The van der Waals surface area contributed by atoms with E-state index in [9.17, 15) is 0 Å². The summed E-state index contributed by atoms with van der Waals surface area (Å²) in [7, 11) is 0. The normalized spacial score (nSPS) is 10.3. The largest absolute Gasteiger partial charge is 0.397 e. The molecule has 0 saturated heterocycles. The van der Waals surface area contributed by atoms with Crippen LogP contribution in [0.25, 0.3) is 0 Å². The Labute approximate surface area is 114 Å². The van der Waals surface area contributed by atoms with E-state index in [2.05, 4.69) is 5.32 Å². The third-order valence-corrected chi connectivity index (χ3v) is 3.00. The van der Waals surface area contributed by atoms with Crippen LogP contribution >= 0.6 is 34.8 Å². The van der Waals surface area contributed by atoms with Crippen LogP contribution in [-0.4, -0.2) is 0 Å². The van der Waals surface area contributed by atoms with Gasteiger partial charge in [0.15, 0.2) is 0 Å². The zero-order valence-electron chi connectivity index (χ0n) is 8.68. The van der Waals surface area contributed by atoms with Crippen molar-refractivity contribution >= 4 is 51.9 Å². The first-order valence-electron chi connectivity index (χ1n) is 4.83. The molecule has 0 bridgehead atoms. The van der Waals surface area contributed by atoms with E-state index in [1.807, 2.05) is 0 Å². The van der Waals surface area contributed by atoms with Gasteiger partial charge in [0.1, 0.15) is 0 Å². The van der Waals surface area contributed by atoms with Crippen molar-refractivity contribution in [2.45, 2.75) is 0 Å². The summed E-state index contributed by atoms with van der Waals surface area (Å²) in [4.78, 5) is 0. The first-order valence-corrected chi connectivity index (χ1v) is 5.97. The minimum atomic E-state index is 0.534. The van der Waals surface area contributed by atoms with Crippen LogP contribution in [0, 0.1) is 0 Å². The molecule has 0 heterocycles. The molecular formula is C12H9Cl3N2. The Morgan fingerprint density at radius 2 is 1.41 bits per heavy atom. The van der Waals surface area contributed by atoms with Crippen molar-refractivity contribution < 1.29 is 0 Å². The SMILES string of the molecule is Nc1cc(Cl)ccc1Nc1ccc(Cl)cc1Cl. The Hall–Kier alpha value is -1.09. The van der Waals surface area contributed by atoms with Crippen molar-refractivity contribution in [1.82, 2.24) is 0 Å². The van der Waals surface area contributed by atoms with E-state index < -0.39 is 0 Å². The van der Waals surface area contributed by atoms with Crippen LogP contribution in [0.2, 0.25) is 15.1 Å². The lowest BCUT2D eigenvalue weighted by Crippen LogP contribution is -1.96. The highest BCUT2D eigenvalue weighted by Gasteiger charge is 2.04. The number of nitrogen functional groups attached to an aromatic ring is 1. The molecule has 0 aliphatic carbocycles. The molecular weight excluding hydrogens is 279 g/mol. The molecule has 88 valence electrons. The number of nitrogens with one attached hydrogen (secondary N) is 1. The fourth-order valence-corrected chi connectivity index (χ4v) is 2.02. The second-order valence-corrected chi connectivity index (χ2v) is 4.76. The molecule has 0 unspecified atom stereocenters. The summed E-state index contributed by atoms with van der Waals surface area (Å²) in [5.41, 5.74) is 7.88. The molecule has 0 fully saturated rings. The number of anilines is 3. The van der Waals surface area contributed by atoms with E-state index in [-0.39, 0.29) is 0 Å². The summed E-state index contributed by atoms with van der Waals surface area (Å²) in [5.74, 6) is 0. The maximum atomic E-state index is 6.05. The highest BCUT2D eigenvalue weighted by molar-refractivity contribution is 6.36. The van der Waals surface area contributed by atoms with Gasteiger partial charge in [0, 0.05) is 10.0 Å². The Morgan fingerprint density at radius 1 is 0.824 bits per heavy atom. The van der Waals surface area contributed by atoms with Crippen LogP contribution in [0.3, 0.4) is 0 Å². The lowest BCUT2D eigenvalue weighted by atomic mass is 10.2. The average molecular weight is 288 g/mol. The second kappa shape index (κ2) is 5.05. The zero-order chi connectivity index (χ0) is 12.4. The van der Waals surface area contributed by atoms with Crippen LogP contribution in [-0.2, 0) is 0 Å². The molecule has 3 N–H and O–H groups in total. The first kappa shape index (κ1) is 12.4. The summed E-state index contributed by atoms with van der Waals surface area (Å²) in [5, 5.41) is 4.84. The summed E-state index contributed by atoms with van der Waals surface area (Å²) in [6, 6.07) is 10.4. The number of hydrogen-bond donors (Lipinski definition) is 2. The minimum Gasteiger partial charge on any atom is -0.397 e. The third-order valence-electron chi connectivity index (χ3n) is 2.21.